The highest BCUT2D eigenvalue weighted by Gasteiger charge is 2.40. The Hall–Kier alpha value is -1.89. The molecule has 204 valence electrons. The van der Waals surface area contributed by atoms with E-state index in [1.54, 1.807) is 38.9 Å². The average Bonchev–Trinajstić information content (AvgIpc) is 2.74. The van der Waals surface area contributed by atoms with Gasteiger partial charge in [-0.05, 0) is 44.1 Å². The van der Waals surface area contributed by atoms with E-state index in [1.165, 1.54) is 0 Å². The van der Waals surface area contributed by atoms with Crippen molar-refractivity contribution in [3.8, 4) is 0 Å². The Kier molecular flexibility index (Phi) is 13.8. The minimum absolute atomic E-state index is 0.0622. The van der Waals surface area contributed by atoms with E-state index in [4.69, 9.17) is 4.74 Å². The summed E-state index contributed by atoms with van der Waals surface area (Å²) >= 11 is 0. The van der Waals surface area contributed by atoms with E-state index in [-0.39, 0.29) is 35.2 Å². The van der Waals surface area contributed by atoms with Crippen LogP contribution in [0.4, 0.5) is 0 Å². The molecule has 0 radical (unpaired) electrons. The van der Waals surface area contributed by atoms with Crippen molar-refractivity contribution in [1.82, 2.24) is 15.5 Å². The first-order valence-corrected chi connectivity index (χ1v) is 13.1. The summed E-state index contributed by atoms with van der Waals surface area (Å²) in [5.74, 6) is -0.680. The van der Waals surface area contributed by atoms with Gasteiger partial charge in [0.25, 0.3) is 0 Å². The number of hydrogen-bond acceptors (Lipinski definition) is 5. The standard InChI is InChI=1S/C28H53N3O4/c1-13-15-16-17-28(9,10)22(29-11)24(32)30-23(27(6,7)8)25(33)31(12)21(19(3)4)18-20(5)26(34)35-14-2/h18-19,21-23,29H,13-17H2,1-12H3,(H,30,32)/b20-18+/t21-,22?,23-/m1/s1. The first-order chi connectivity index (χ1) is 16.0. The van der Waals surface area contributed by atoms with E-state index in [1.807, 2.05) is 34.6 Å². The summed E-state index contributed by atoms with van der Waals surface area (Å²) in [5, 5.41) is 6.26. The van der Waals surface area contributed by atoms with Crippen molar-refractivity contribution in [1.29, 1.82) is 0 Å². The topological polar surface area (TPSA) is 87.7 Å². The fraction of sp³-hybridized carbons (Fsp3) is 0.821. The largest absolute Gasteiger partial charge is 0.463 e. The lowest BCUT2D eigenvalue weighted by atomic mass is 9.78. The second-order valence-electron chi connectivity index (χ2n) is 11.7. The van der Waals surface area contributed by atoms with E-state index in [0.717, 1.165) is 25.7 Å². The number of amides is 2. The molecule has 2 N–H and O–H groups in total. The first kappa shape index (κ1) is 33.1. The molecule has 0 spiro atoms. The zero-order chi connectivity index (χ0) is 27.6. The van der Waals surface area contributed by atoms with Crippen LogP contribution in [0.1, 0.15) is 94.9 Å². The Morgan fingerprint density at radius 2 is 1.57 bits per heavy atom. The van der Waals surface area contributed by atoms with Gasteiger partial charge in [-0.25, -0.2) is 4.79 Å². The van der Waals surface area contributed by atoms with Gasteiger partial charge in [0.15, 0.2) is 0 Å². The third-order valence-corrected chi connectivity index (χ3v) is 6.65. The fourth-order valence-electron chi connectivity index (χ4n) is 4.40. The molecule has 0 aliphatic rings. The zero-order valence-electron chi connectivity index (χ0n) is 24.5. The van der Waals surface area contributed by atoms with Crippen LogP contribution in [0, 0.1) is 16.7 Å². The van der Waals surface area contributed by atoms with E-state index in [2.05, 4.69) is 31.4 Å². The molecule has 7 nitrogen and oxygen atoms in total. The van der Waals surface area contributed by atoms with Crippen molar-refractivity contribution in [2.75, 3.05) is 20.7 Å². The van der Waals surface area contributed by atoms with Gasteiger partial charge in [0.2, 0.25) is 11.8 Å². The lowest BCUT2D eigenvalue weighted by Crippen LogP contribution is -2.61. The van der Waals surface area contributed by atoms with Gasteiger partial charge in [-0.2, -0.15) is 0 Å². The summed E-state index contributed by atoms with van der Waals surface area (Å²) in [6.07, 6.45) is 6.02. The lowest BCUT2D eigenvalue weighted by molar-refractivity contribution is -0.141. The summed E-state index contributed by atoms with van der Waals surface area (Å²) in [6, 6.07) is -1.46. The Morgan fingerprint density at radius 3 is 2.00 bits per heavy atom. The van der Waals surface area contributed by atoms with Crippen LogP contribution < -0.4 is 10.6 Å². The first-order valence-electron chi connectivity index (χ1n) is 13.1. The summed E-state index contributed by atoms with van der Waals surface area (Å²) in [4.78, 5) is 41.0. The number of esters is 1. The summed E-state index contributed by atoms with van der Waals surface area (Å²) in [6.45, 7) is 20.0. The normalized spacial score (nSPS) is 15.4. The molecule has 0 aromatic heterocycles. The summed E-state index contributed by atoms with van der Waals surface area (Å²) in [7, 11) is 3.53. The summed E-state index contributed by atoms with van der Waals surface area (Å²) < 4.78 is 5.11. The highest BCUT2D eigenvalue weighted by Crippen LogP contribution is 2.30. The Labute approximate surface area is 214 Å². The third kappa shape index (κ3) is 10.3. The van der Waals surface area contributed by atoms with Crippen LogP contribution in [0.15, 0.2) is 11.6 Å². The molecule has 2 amide bonds. The number of rotatable bonds is 14. The van der Waals surface area contributed by atoms with Crippen LogP contribution in [0.3, 0.4) is 0 Å². The van der Waals surface area contributed by atoms with E-state index in [9.17, 15) is 14.4 Å². The number of nitrogens with zero attached hydrogens (tertiary/aromatic N) is 1. The molecule has 0 saturated heterocycles. The van der Waals surface area contributed by atoms with E-state index < -0.39 is 17.5 Å². The van der Waals surface area contributed by atoms with E-state index >= 15 is 0 Å². The Morgan fingerprint density at radius 1 is 1.00 bits per heavy atom. The van der Waals surface area contributed by atoms with Gasteiger partial charge in [-0.1, -0.05) is 80.7 Å². The molecular weight excluding hydrogens is 442 g/mol. The van der Waals surface area contributed by atoms with Crippen molar-refractivity contribution in [3.63, 3.8) is 0 Å². The minimum atomic E-state index is -0.722. The Balaban J connectivity index is 5.92. The molecule has 0 bridgehead atoms. The van der Waals surface area contributed by atoms with Gasteiger partial charge in [-0.3, -0.25) is 9.59 Å². The minimum Gasteiger partial charge on any atom is -0.463 e. The molecule has 0 aliphatic carbocycles. The van der Waals surface area contributed by atoms with Crippen molar-refractivity contribution in [3.05, 3.63) is 11.6 Å². The average molecular weight is 496 g/mol. The number of hydrogen-bond donors (Lipinski definition) is 2. The quantitative estimate of drug-likeness (QED) is 0.207. The molecule has 0 saturated carbocycles. The van der Waals surface area contributed by atoms with Crippen molar-refractivity contribution < 1.29 is 19.1 Å². The molecule has 0 aromatic rings. The van der Waals surface area contributed by atoms with Crippen molar-refractivity contribution >= 4 is 17.8 Å². The van der Waals surface area contributed by atoms with Gasteiger partial charge in [0.05, 0.1) is 18.7 Å². The molecule has 0 aliphatic heterocycles. The number of nitrogens with one attached hydrogen (secondary N) is 2. The molecule has 0 rings (SSSR count). The van der Waals surface area contributed by atoms with Gasteiger partial charge in [-0.15, -0.1) is 0 Å². The number of unbranched alkanes of at least 4 members (excludes halogenated alkanes) is 2. The monoisotopic (exact) mass is 495 g/mol. The maximum Gasteiger partial charge on any atom is 0.333 e. The molecule has 0 fully saturated rings. The number of ether oxygens (including phenoxy) is 1. The SMILES string of the molecule is CCCCCC(C)(C)C(NC)C(=O)N[C@H](C(=O)N(C)[C@H](/C=C(\C)C(=O)OCC)C(C)C)C(C)(C)C. The zero-order valence-corrected chi connectivity index (χ0v) is 24.5. The van der Waals surface area contributed by atoms with Gasteiger partial charge in [0.1, 0.15) is 6.04 Å². The van der Waals surface area contributed by atoms with Crippen molar-refractivity contribution in [2.45, 2.75) is 113 Å². The predicted molar refractivity (Wildman–Crippen MR) is 144 cm³/mol. The van der Waals surface area contributed by atoms with E-state index in [0.29, 0.717) is 12.2 Å². The lowest BCUT2D eigenvalue weighted by Gasteiger charge is -2.39. The van der Waals surface area contributed by atoms with Gasteiger partial charge >= 0.3 is 5.97 Å². The second kappa shape index (κ2) is 14.6. The molecule has 7 heteroatoms. The van der Waals surface area contributed by atoms with Crippen LogP contribution in [0.5, 0.6) is 0 Å². The van der Waals surface area contributed by atoms with Crippen LogP contribution in [0.25, 0.3) is 0 Å². The molecule has 35 heavy (non-hydrogen) atoms. The Bertz CT molecular complexity index is 722. The number of likely N-dealkylation sites (N-methyl/N-ethyl adjacent to an activating group) is 2. The smallest absolute Gasteiger partial charge is 0.333 e. The highest BCUT2D eigenvalue weighted by atomic mass is 16.5. The highest BCUT2D eigenvalue weighted by molar-refractivity contribution is 5.91. The van der Waals surface area contributed by atoms with Gasteiger partial charge in [0, 0.05) is 12.6 Å². The van der Waals surface area contributed by atoms with Crippen LogP contribution in [-0.4, -0.2) is 61.5 Å². The predicted octanol–water partition coefficient (Wildman–Crippen LogP) is 4.70. The van der Waals surface area contributed by atoms with Crippen LogP contribution in [0.2, 0.25) is 0 Å². The third-order valence-electron chi connectivity index (χ3n) is 6.65. The molecule has 1 unspecified atom stereocenters. The molecular formula is C28H53N3O4. The second-order valence-corrected chi connectivity index (χ2v) is 11.7. The fourth-order valence-corrected chi connectivity index (χ4v) is 4.40. The van der Waals surface area contributed by atoms with Crippen molar-refractivity contribution in [2.24, 2.45) is 16.7 Å². The van der Waals surface area contributed by atoms with Gasteiger partial charge < -0.3 is 20.3 Å². The molecule has 0 aromatic carbocycles. The molecule has 0 heterocycles. The number of carbonyl (C=O) groups is 3. The maximum atomic E-state index is 13.8. The van der Waals surface area contributed by atoms with Crippen LogP contribution in [-0.2, 0) is 19.1 Å². The number of carbonyl (C=O) groups excluding carboxylic acids is 3. The summed E-state index contributed by atoms with van der Waals surface area (Å²) in [5.41, 5.74) is -0.302. The maximum absolute atomic E-state index is 13.8. The van der Waals surface area contributed by atoms with Crippen LogP contribution >= 0.6 is 0 Å². The molecule has 3 atom stereocenters.